The Bertz CT molecular complexity index is 1150. The van der Waals surface area contributed by atoms with E-state index in [1.165, 1.54) is 45.6 Å². The Labute approximate surface area is 261 Å². The molecule has 2 amide bonds. The molecule has 1 saturated heterocycles. The van der Waals surface area contributed by atoms with Crippen molar-refractivity contribution in [3.63, 3.8) is 0 Å². The first-order chi connectivity index (χ1) is 21.4. The molecule has 244 valence electrons. The molecule has 1 aromatic rings. The number of aliphatic hydroxyl groups excluding tert-OH is 2. The van der Waals surface area contributed by atoms with E-state index in [0.29, 0.717) is 54.1 Å². The van der Waals surface area contributed by atoms with E-state index < -0.39 is 30.1 Å². The van der Waals surface area contributed by atoms with Crippen molar-refractivity contribution in [3.05, 3.63) is 34.9 Å². The van der Waals surface area contributed by atoms with E-state index >= 15 is 0 Å². The van der Waals surface area contributed by atoms with E-state index in [9.17, 15) is 24.6 Å². The number of unbranched alkanes of at least 4 members (excludes halogenated alkanes) is 8. The normalized spacial score (nSPS) is 23.7. The van der Waals surface area contributed by atoms with Crippen molar-refractivity contribution in [2.45, 2.75) is 114 Å². The van der Waals surface area contributed by atoms with Gasteiger partial charge in [0.05, 0.1) is 31.8 Å². The minimum atomic E-state index is -1.15. The Morgan fingerprint density at radius 3 is 2.48 bits per heavy atom. The van der Waals surface area contributed by atoms with Gasteiger partial charge in [-0.2, -0.15) is 0 Å². The summed E-state index contributed by atoms with van der Waals surface area (Å²) < 4.78 is 17.7. The number of rotatable bonds is 18. The van der Waals surface area contributed by atoms with Crippen LogP contribution in [0.1, 0.15) is 106 Å². The third-order valence-corrected chi connectivity index (χ3v) is 9.01. The van der Waals surface area contributed by atoms with E-state index in [0.717, 1.165) is 32.1 Å². The fourth-order valence-corrected chi connectivity index (χ4v) is 6.69. The van der Waals surface area contributed by atoms with Gasteiger partial charge < -0.3 is 34.6 Å². The summed E-state index contributed by atoms with van der Waals surface area (Å²) >= 11 is 0. The number of carbonyl (C=O) groups is 3. The average Bonchev–Trinajstić information content (AvgIpc) is 3.70. The molecule has 0 saturated carbocycles. The summed E-state index contributed by atoms with van der Waals surface area (Å²) in [4.78, 5) is 40.7. The highest BCUT2D eigenvalue weighted by molar-refractivity contribution is 5.96. The SMILES string of the molecule is CCCCCCCCCCCC(=O)N(CC1CCCO1)C1C=C(C(=O)NCCO)C2c3cc(C=O)cc(OC)c3OC2C1O. The minimum absolute atomic E-state index is 0.0450. The molecule has 44 heavy (non-hydrogen) atoms. The molecule has 10 heteroatoms. The molecule has 1 aliphatic carbocycles. The summed E-state index contributed by atoms with van der Waals surface area (Å²) in [5.74, 6) is -0.522. The van der Waals surface area contributed by atoms with Crippen LogP contribution in [0.3, 0.4) is 0 Å². The van der Waals surface area contributed by atoms with Gasteiger partial charge in [-0.1, -0.05) is 58.3 Å². The van der Waals surface area contributed by atoms with Crippen molar-refractivity contribution in [2.24, 2.45) is 0 Å². The zero-order valence-electron chi connectivity index (χ0n) is 26.3. The molecule has 0 bridgehead atoms. The number of fused-ring (bicyclic) bond motifs is 3. The maximum Gasteiger partial charge on any atom is 0.247 e. The van der Waals surface area contributed by atoms with Crippen LogP contribution in [0.5, 0.6) is 11.5 Å². The predicted octanol–water partition coefficient (Wildman–Crippen LogP) is 4.06. The van der Waals surface area contributed by atoms with Gasteiger partial charge in [-0.3, -0.25) is 14.4 Å². The van der Waals surface area contributed by atoms with Crippen LogP contribution in [-0.2, 0) is 14.3 Å². The summed E-state index contributed by atoms with van der Waals surface area (Å²) in [6.07, 6.45) is 12.5. The van der Waals surface area contributed by atoms with Crippen molar-refractivity contribution in [1.29, 1.82) is 0 Å². The number of nitrogens with one attached hydrogen (secondary N) is 1. The van der Waals surface area contributed by atoms with Gasteiger partial charge in [0.1, 0.15) is 18.5 Å². The first-order valence-electron chi connectivity index (χ1n) is 16.5. The van der Waals surface area contributed by atoms with Crippen LogP contribution in [0, 0.1) is 0 Å². The van der Waals surface area contributed by atoms with E-state index in [2.05, 4.69) is 12.2 Å². The number of methoxy groups -OCH3 is 1. The quantitative estimate of drug-likeness (QED) is 0.167. The van der Waals surface area contributed by atoms with Gasteiger partial charge >= 0.3 is 0 Å². The van der Waals surface area contributed by atoms with Crippen LogP contribution < -0.4 is 14.8 Å². The number of ether oxygens (including phenoxy) is 3. The molecule has 0 spiro atoms. The number of hydrogen-bond donors (Lipinski definition) is 3. The third-order valence-electron chi connectivity index (χ3n) is 9.01. The van der Waals surface area contributed by atoms with Crippen LogP contribution in [0.15, 0.2) is 23.8 Å². The highest BCUT2D eigenvalue weighted by Gasteiger charge is 2.51. The zero-order valence-corrected chi connectivity index (χ0v) is 26.3. The fourth-order valence-electron chi connectivity index (χ4n) is 6.69. The second kappa shape index (κ2) is 16.9. The third kappa shape index (κ3) is 8.20. The van der Waals surface area contributed by atoms with Gasteiger partial charge in [0.15, 0.2) is 11.5 Å². The van der Waals surface area contributed by atoms with Gasteiger partial charge in [0.25, 0.3) is 0 Å². The second-order valence-electron chi connectivity index (χ2n) is 12.2. The number of nitrogens with zero attached hydrogens (tertiary/aromatic N) is 1. The molecular formula is C34H50N2O8. The van der Waals surface area contributed by atoms with Crippen molar-refractivity contribution >= 4 is 18.1 Å². The number of carbonyl (C=O) groups excluding carboxylic acids is 3. The van der Waals surface area contributed by atoms with E-state index in [4.69, 9.17) is 14.2 Å². The van der Waals surface area contributed by atoms with Gasteiger partial charge in [-0.15, -0.1) is 0 Å². The van der Waals surface area contributed by atoms with Crippen LogP contribution in [0.25, 0.3) is 0 Å². The topological polar surface area (TPSA) is 135 Å². The summed E-state index contributed by atoms with van der Waals surface area (Å²) in [5, 5.41) is 23.9. The number of benzene rings is 1. The van der Waals surface area contributed by atoms with Crippen molar-refractivity contribution in [2.75, 3.05) is 33.4 Å². The summed E-state index contributed by atoms with van der Waals surface area (Å²) in [6.45, 7) is 2.96. The van der Waals surface area contributed by atoms with Crippen LogP contribution in [0.4, 0.5) is 0 Å². The van der Waals surface area contributed by atoms with E-state index in [1.54, 1.807) is 23.1 Å². The summed E-state index contributed by atoms with van der Waals surface area (Å²) in [7, 11) is 1.47. The maximum absolute atomic E-state index is 13.8. The molecule has 0 radical (unpaired) electrons. The predicted molar refractivity (Wildman–Crippen MR) is 166 cm³/mol. The molecule has 4 rings (SSSR count). The lowest BCUT2D eigenvalue weighted by Gasteiger charge is -2.41. The monoisotopic (exact) mass is 614 g/mol. The lowest BCUT2D eigenvalue weighted by Crippen LogP contribution is -2.57. The van der Waals surface area contributed by atoms with Crippen molar-refractivity contribution in [1.82, 2.24) is 10.2 Å². The van der Waals surface area contributed by atoms with E-state index in [-0.39, 0.29) is 25.2 Å². The molecule has 2 aliphatic heterocycles. The number of aldehydes is 1. The number of aliphatic hydroxyl groups is 2. The smallest absolute Gasteiger partial charge is 0.247 e. The summed E-state index contributed by atoms with van der Waals surface area (Å²) in [5.41, 5.74) is 1.23. The Balaban J connectivity index is 1.57. The van der Waals surface area contributed by atoms with Crippen LogP contribution >= 0.6 is 0 Å². The highest BCUT2D eigenvalue weighted by Crippen LogP contribution is 2.51. The van der Waals surface area contributed by atoms with E-state index in [1.807, 2.05) is 0 Å². The molecule has 0 aromatic heterocycles. The Kier molecular flexibility index (Phi) is 13.1. The molecule has 1 fully saturated rings. The fraction of sp³-hybridized carbons (Fsp3) is 0.676. The highest BCUT2D eigenvalue weighted by atomic mass is 16.5. The standard InChI is InChI=1S/C34H50N2O8/c1-3-4-5-6-7-8-9-10-11-14-29(39)36(21-24-13-12-17-43-24)27-20-26(34(41)35-15-16-37)30-25-18-23(22-38)19-28(42-2)32(25)44-33(30)31(27)40/h18-20,22,24,27,30-31,33,37,40H,3-17,21H2,1-2H3,(H,35,41). The first-order valence-corrected chi connectivity index (χ1v) is 16.5. The van der Waals surface area contributed by atoms with Crippen LogP contribution in [-0.4, -0.2) is 91.0 Å². The average molecular weight is 615 g/mol. The molecule has 1 aromatic carbocycles. The maximum atomic E-state index is 13.8. The lowest BCUT2D eigenvalue weighted by molar-refractivity contribution is -0.139. The zero-order chi connectivity index (χ0) is 31.5. The van der Waals surface area contributed by atoms with Crippen LogP contribution in [0.2, 0.25) is 0 Å². The molecule has 3 N–H and O–H groups in total. The largest absolute Gasteiger partial charge is 0.493 e. The van der Waals surface area contributed by atoms with Gasteiger partial charge in [0, 0.05) is 42.8 Å². The number of hydrogen-bond acceptors (Lipinski definition) is 8. The molecule has 10 nitrogen and oxygen atoms in total. The Hall–Kier alpha value is -2.95. The van der Waals surface area contributed by atoms with Gasteiger partial charge in [-0.05, 0) is 37.5 Å². The second-order valence-corrected chi connectivity index (χ2v) is 12.2. The summed E-state index contributed by atoms with van der Waals surface area (Å²) in [6, 6.07) is 2.38. The number of amides is 2. The van der Waals surface area contributed by atoms with Gasteiger partial charge in [-0.25, -0.2) is 0 Å². The molecule has 3 aliphatic rings. The Morgan fingerprint density at radius 1 is 1.11 bits per heavy atom. The molecule has 5 unspecified atom stereocenters. The molecular weight excluding hydrogens is 564 g/mol. The van der Waals surface area contributed by atoms with Crippen molar-refractivity contribution < 1.29 is 38.8 Å². The van der Waals surface area contributed by atoms with Crippen molar-refractivity contribution in [3.8, 4) is 11.5 Å². The molecule has 2 heterocycles. The Morgan fingerprint density at radius 2 is 1.84 bits per heavy atom. The molecule has 5 atom stereocenters. The van der Waals surface area contributed by atoms with Gasteiger partial charge in [0.2, 0.25) is 11.8 Å². The lowest BCUT2D eigenvalue weighted by atomic mass is 9.77. The first kappa shape index (κ1) is 33.9. The minimum Gasteiger partial charge on any atom is -0.493 e.